The van der Waals surface area contributed by atoms with Crippen molar-refractivity contribution in [1.82, 2.24) is 0 Å². The molecule has 0 aromatic heterocycles. The smallest absolute Gasteiger partial charge is 0.0631 e. The average Bonchev–Trinajstić information content (AvgIpc) is 2.19. The Morgan fingerprint density at radius 1 is 1.50 bits per heavy atom. The van der Waals surface area contributed by atoms with E-state index in [1.165, 1.54) is 5.56 Å². The zero-order valence-corrected chi connectivity index (χ0v) is 9.47. The number of benzene rings is 1. The number of anilines is 1. The summed E-state index contributed by atoms with van der Waals surface area (Å²) in [4.78, 5) is 1.16. The second-order valence-electron chi connectivity index (χ2n) is 3.40. The Bertz CT molecular complexity index is 301. The van der Waals surface area contributed by atoms with E-state index in [0.29, 0.717) is 0 Å². The summed E-state index contributed by atoms with van der Waals surface area (Å²) in [5.74, 6) is 0.737. The van der Waals surface area contributed by atoms with Crippen molar-refractivity contribution in [2.24, 2.45) is 0 Å². The van der Waals surface area contributed by atoms with Crippen LogP contribution in [0, 0.1) is 6.92 Å². The van der Waals surface area contributed by atoms with E-state index >= 15 is 0 Å². The van der Waals surface area contributed by atoms with Gasteiger partial charge in [-0.05, 0) is 31.0 Å². The second kappa shape index (κ2) is 5.27. The molecule has 1 rings (SSSR count). The van der Waals surface area contributed by atoms with Gasteiger partial charge in [-0.15, -0.1) is 11.8 Å². The van der Waals surface area contributed by atoms with Crippen LogP contribution >= 0.6 is 11.8 Å². The first-order valence-corrected chi connectivity index (χ1v) is 5.79. The molecule has 1 unspecified atom stereocenters. The van der Waals surface area contributed by atoms with Gasteiger partial charge in [0.05, 0.1) is 6.10 Å². The molecule has 3 N–H and O–H groups in total. The van der Waals surface area contributed by atoms with Gasteiger partial charge in [0.15, 0.2) is 0 Å². The minimum absolute atomic E-state index is 0.221. The summed E-state index contributed by atoms with van der Waals surface area (Å²) in [7, 11) is 0. The van der Waals surface area contributed by atoms with E-state index in [9.17, 15) is 5.11 Å². The maximum atomic E-state index is 9.43. The van der Waals surface area contributed by atoms with Crippen molar-refractivity contribution in [3.8, 4) is 0 Å². The first-order valence-electron chi connectivity index (χ1n) is 4.80. The second-order valence-corrected chi connectivity index (χ2v) is 4.46. The summed E-state index contributed by atoms with van der Waals surface area (Å²) in [6.45, 7) is 4.04. The molecule has 1 atom stereocenters. The van der Waals surface area contributed by atoms with Crippen LogP contribution in [0.25, 0.3) is 0 Å². The molecule has 0 aliphatic carbocycles. The van der Waals surface area contributed by atoms with Crippen LogP contribution in [-0.4, -0.2) is 17.0 Å². The Hall–Kier alpha value is -0.670. The third kappa shape index (κ3) is 3.24. The monoisotopic (exact) mass is 211 g/mol. The van der Waals surface area contributed by atoms with Crippen molar-refractivity contribution in [2.75, 3.05) is 11.5 Å². The van der Waals surface area contributed by atoms with Gasteiger partial charge >= 0.3 is 0 Å². The predicted molar refractivity (Wildman–Crippen MR) is 62.6 cm³/mol. The van der Waals surface area contributed by atoms with E-state index in [1.807, 2.05) is 25.1 Å². The Kier molecular flexibility index (Phi) is 4.29. The minimum atomic E-state index is -0.221. The number of aryl methyl sites for hydroxylation is 1. The largest absolute Gasteiger partial charge is 0.399 e. The molecule has 0 saturated heterocycles. The Morgan fingerprint density at radius 3 is 2.86 bits per heavy atom. The molecule has 3 heteroatoms. The quantitative estimate of drug-likeness (QED) is 0.594. The summed E-state index contributed by atoms with van der Waals surface area (Å²) in [6, 6.07) is 5.87. The van der Waals surface area contributed by atoms with Gasteiger partial charge < -0.3 is 10.8 Å². The molecule has 0 heterocycles. The summed E-state index contributed by atoms with van der Waals surface area (Å²) in [5.41, 5.74) is 7.69. The molecule has 0 aliphatic heterocycles. The van der Waals surface area contributed by atoms with Crippen molar-refractivity contribution in [3.63, 3.8) is 0 Å². The third-order valence-corrected chi connectivity index (χ3v) is 3.42. The standard InChI is InChI=1S/C11H17NOS/c1-3-10(13)7-14-11-6-9(12)5-4-8(11)2/h4-6,10,13H,3,7,12H2,1-2H3. The van der Waals surface area contributed by atoms with Gasteiger partial charge in [0.25, 0.3) is 0 Å². The Labute approximate surface area is 89.5 Å². The van der Waals surface area contributed by atoms with Gasteiger partial charge in [0.1, 0.15) is 0 Å². The highest BCUT2D eigenvalue weighted by Crippen LogP contribution is 2.25. The molecule has 0 fully saturated rings. The molecular weight excluding hydrogens is 194 g/mol. The van der Waals surface area contributed by atoms with Gasteiger partial charge in [-0.25, -0.2) is 0 Å². The topological polar surface area (TPSA) is 46.2 Å². The summed E-state index contributed by atoms with van der Waals surface area (Å²) < 4.78 is 0. The molecule has 1 aromatic carbocycles. The van der Waals surface area contributed by atoms with Crippen LogP contribution in [0.2, 0.25) is 0 Å². The fraction of sp³-hybridized carbons (Fsp3) is 0.455. The number of hydrogen-bond acceptors (Lipinski definition) is 3. The molecule has 0 saturated carbocycles. The zero-order chi connectivity index (χ0) is 10.6. The van der Waals surface area contributed by atoms with E-state index in [1.54, 1.807) is 11.8 Å². The van der Waals surface area contributed by atoms with E-state index in [0.717, 1.165) is 22.8 Å². The lowest BCUT2D eigenvalue weighted by Gasteiger charge is -2.09. The van der Waals surface area contributed by atoms with Crippen molar-refractivity contribution in [2.45, 2.75) is 31.3 Å². The first kappa shape index (κ1) is 11.4. The summed E-state index contributed by atoms with van der Waals surface area (Å²) in [5, 5.41) is 9.43. The molecule has 0 aliphatic rings. The maximum absolute atomic E-state index is 9.43. The average molecular weight is 211 g/mol. The van der Waals surface area contributed by atoms with Gasteiger partial charge in [-0.2, -0.15) is 0 Å². The summed E-state index contributed by atoms with van der Waals surface area (Å²) in [6.07, 6.45) is 0.579. The van der Waals surface area contributed by atoms with Crippen molar-refractivity contribution in [1.29, 1.82) is 0 Å². The highest BCUT2D eigenvalue weighted by molar-refractivity contribution is 7.99. The van der Waals surface area contributed by atoms with Gasteiger partial charge in [-0.3, -0.25) is 0 Å². The molecule has 1 aromatic rings. The number of aliphatic hydroxyl groups is 1. The van der Waals surface area contributed by atoms with Gasteiger partial charge in [0.2, 0.25) is 0 Å². The molecule has 78 valence electrons. The van der Waals surface area contributed by atoms with Crippen molar-refractivity contribution >= 4 is 17.4 Å². The van der Waals surface area contributed by atoms with Crippen molar-refractivity contribution < 1.29 is 5.11 Å². The number of nitrogen functional groups attached to an aromatic ring is 1. The van der Waals surface area contributed by atoms with Crippen LogP contribution in [0.4, 0.5) is 5.69 Å². The number of thioether (sulfide) groups is 1. The predicted octanol–water partition coefficient (Wildman–Crippen LogP) is 2.44. The molecule has 0 amide bonds. The van der Waals surface area contributed by atoms with E-state index in [-0.39, 0.29) is 6.10 Å². The normalized spacial score (nSPS) is 12.8. The molecule has 2 nitrogen and oxygen atoms in total. The summed E-state index contributed by atoms with van der Waals surface area (Å²) >= 11 is 1.66. The van der Waals surface area contributed by atoms with Gasteiger partial charge in [0, 0.05) is 16.3 Å². The number of hydrogen-bond donors (Lipinski definition) is 2. The minimum Gasteiger partial charge on any atom is -0.399 e. The fourth-order valence-electron chi connectivity index (χ4n) is 1.08. The van der Waals surface area contributed by atoms with Crippen LogP contribution in [-0.2, 0) is 0 Å². The number of nitrogens with two attached hydrogens (primary N) is 1. The van der Waals surface area contributed by atoms with Crippen LogP contribution in [0.5, 0.6) is 0 Å². The van der Waals surface area contributed by atoms with Gasteiger partial charge in [-0.1, -0.05) is 13.0 Å². The highest BCUT2D eigenvalue weighted by atomic mass is 32.2. The van der Waals surface area contributed by atoms with Crippen LogP contribution in [0.15, 0.2) is 23.1 Å². The molecule has 0 spiro atoms. The zero-order valence-electron chi connectivity index (χ0n) is 8.66. The SMILES string of the molecule is CCC(O)CSc1cc(N)ccc1C. The van der Waals surface area contributed by atoms with Crippen LogP contribution in [0.1, 0.15) is 18.9 Å². The van der Waals surface area contributed by atoms with E-state index in [4.69, 9.17) is 5.73 Å². The number of aliphatic hydroxyl groups excluding tert-OH is 1. The Balaban J connectivity index is 2.62. The lowest BCUT2D eigenvalue weighted by molar-refractivity contribution is 0.195. The maximum Gasteiger partial charge on any atom is 0.0631 e. The van der Waals surface area contributed by atoms with Crippen LogP contribution < -0.4 is 5.73 Å². The van der Waals surface area contributed by atoms with E-state index < -0.39 is 0 Å². The Morgan fingerprint density at radius 2 is 2.21 bits per heavy atom. The fourth-order valence-corrected chi connectivity index (χ4v) is 2.20. The molecule has 0 radical (unpaired) electrons. The number of rotatable bonds is 4. The first-order chi connectivity index (χ1) is 6.63. The highest BCUT2D eigenvalue weighted by Gasteiger charge is 2.04. The third-order valence-electron chi connectivity index (χ3n) is 2.11. The van der Waals surface area contributed by atoms with Crippen molar-refractivity contribution in [3.05, 3.63) is 23.8 Å². The molecule has 14 heavy (non-hydrogen) atoms. The van der Waals surface area contributed by atoms with E-state index in [2.05, 4.69) is 6.92 Å². The molecular formula is C11H17NOS. The lowest BCUT2D eigenvalue weighted by atomic mass is 10.2. The molecule has 0 bridgehead atoms. The van der Waals surface area contributed by atoms with Crippen LogP contribution in [0.3, 0.4) is 0 Å². The lowest BCUT2D eigenvalue weighted by Crippen LogP contribution is -2.07.